The average molecular weight is 418 g/mol. The summed E-state index contributed by atoms with van der Waals surface area (Å²) >= 11 is 0. The summed E-state index contributed by atoms with van der Waals surface area (Å²) in [4.78, 5) is 12.3. The van der Waals surface area contributed by atoms with Crippen LogP contribution in [-0.2, 0) is 4.79 Å². The molecule has 0 fully saturated rings. The number of ether oxygens (including phenoxy) is 3. The van der Waals surface area contributed by atoms with Crippen molar-refractivity contribution in [1.82, 2.24) is 5.43 Å². The fraction of sp³-hybridized carbons (Fsp3) is 0.200. The molecule has 6 heteroatoms. The van der Waals surface area contributed by atoms with Crippen molar-refractivity contribution >= 4 is 12.1 Å². The molecule has 0 aliphatic rings. The first kappa shape index (κ1) is 21.9. The standard InChI is InChI=1S/C25H26N2O4/c1-4-30-23-15-10-19(16-24(23)29-3)17-26-27-25(28)18(2)31-22-13-11-21(12-14-22)20-8-6-5-7-9-20/h5-18H,4H2,1-3H3,(H,27,28)/b26-17+. The molecule has 0 saturated heterocycles. The van der Waals surface area contributed by atoms with Gasteiger partial charge in [0.05, 0.1) is 19.9 Å². The molecule has 160 valence electrons. The highest BCUT2D eigenvalue weighted by Crippen LogP contribution is 2.27. The number of carbonyl (C=O) groups excluding carboxylic acids is 1. The Bertz CT molecular complexity index is 1020. The molecule has 1 amide bonds. The first-order valence-electron chi connectivity index (χ1n) is 10.1. The zero-order valence-corrected chi connectivity index (χ0v) is 17.9. The second kappa shape index (κ2) is 10.8. The van der Waals surface area contributed by atoms with Crippen molar-refractivity contribution in [3.8, 4) is 28.4 Å². The second-order valence-electron chi connectivity index (χ2n) is 6.73. The van der Waals surface area contributed by atoms with Gasteiger partial charge in [0.25, 0.3) is 5.91 Å². The predicted molar refractivity (Wildman–Crippen MR) is 122 cm³/mol. The molecule has 0 aliphatic heterocycles. The Morgan fingerprint density at radius 2 is 1.71 bits per heavy atom. The lowest BCUT2D eigenvalue weighted by Crippen LogP contribution is -2.33. The third-order valence-electron chi connectivity index (χ3n) is 4.52. The summed E-state index contributed by atoms with van der Waals surface area (Å²) in [5, 5.41) is 4.01. The van der Waals surface area contributed by atoms with Gasteiger partial charge in [-0.2, -0.15) is 5.10 Å². The van der Waals surface area contributed by atoms with Gasteiger partial charge >= 0.3 is 0 Å². The van der Waals surface area contributed by atoms with E-state index in [0.717, 1.165) is 16.7 Å². The first-order valence-corrected chi connectivity index (χ1v) is 10.1. The van der Waals surface area contributed by atoms with Crippen molar-refractivity contribution in [3.63, 3.8) is 0 Å². The summed E-state index contributed by atoms with van der Waals surface area (Å²) in [7, 11) is 1.58. The smallest absolute Gasteiger partial charge is 0.280 e. The lowest BCUT2D eigenvalue weighted by atomic mass is 10.1. The van der Waals surface area contributed by atoms with Gasteiger partial charge in [-0.1, -0.05) is 42.5 Å². The van der Waals surface area contributed by atoms with Crippen LogP contribution in [0, 0.1) is 0 Å². The lowest BCUT2D eigenvalue weighted by Gasteiger charge is -2.13. The van der Waals surface area contributed by atoms with Crippen LogP contribution in [0.3, 0.4) is 0 Å². The predicted octanol–water partition coefficient (Wildman–Crippen LogP) is 4.68. The van der Waals surface area contributed by atoms with Crippen LogP contribution in [0.15, 0.2) is 77.9 Å². The number of methoxy groups -OCH3 is 1. The third-order valence-corrected chi connectivity index (χ3v) is 4.52. The highest BCUT2D eigenvalue weighted by atomic mass is 16.5. The summed E-state index contributed by atoms with van der Waals surface area (Å²) in [5.74, 6) is 1.53. The molecule has 3 aromatic carbocycles. The summed E-state index contributed by atoms with van der Waals surface area (Å²) in [6.45, 7) is 4.13. The molecule has 0 bridgehead atoms. The van der Waals surface area contributed by atoms with Crippen molar-refractivity contribution in [1.29, 1.82) is 0 Å². The van der Waals surface area contributed by atoms with Gasteiger partial charge in [-0.25, -0.2) is 5.43 Å². The molecular formula is C25H26N2O4. The number of carbonyl (C=O) groups is 1. The van der Waals surface area contributed by atoms with Crippen molar-refractivity contribution < 1.29 is 19.0 Å². The van der Waals surface area contributed by atoms with Crippen LogP contribution in [0.1, 0.15) is 19.4 Å². The average Bonchev–Trinajstić information content (AvgIpc) is 2.81. The maximum Gasteiger partial charge on any atom is 0.280 e. The van der Waals surface area contributed by atoms with Gasteiger partial charge in [-0.3, -0.25) is 4.79 Å². The summed E-state index contributed by atoms with van der Waals surface area (Å²) in [5.41, 5.74) is 5.48. The fourth-order valence-corrected chi connectivity index (χ4v) is 2.91. The quantitative estimate of drug-likeness (QED) is 0.405. The lowest BCUT2D eigenvalue weighted by molar-refractivity contribution is -0.127. The van der Waals surface area contributed by atoms with Gasteiger partial charge in [0.15, 0.2) is 17.6 Å². The van der Waals surface area contributed by atoms with Crippen LogP contribution in [0.25, 0.3) is 11.1 Å². The number of nitrogens with one attached hydrogen (secondary N) is 1. The van der Waals surface area contributed by atoms with E-state index >= 15 is 0 Å². The van der Waals surface area contributed by atoms with Crippen molar-refractivity contribution in [2.24, 2.45) is 5.10 Å². The molecule has 3 rings (SSSR count). The molecule has 1 atom stereocenters. The molecule has 0 heterocycles. The largest absolute Gasteiger partial charge is 0.493 e. The molecule has 0 radical (unpaired) electrons. The van der Waals surface area contributed by atoms with E-state index in [4.69, 9.17) is 14.2 Å². The number of hydrogen-bond donors (Lipinski definition) is 1. The first-order chi connectivity index (χ1) is 15.1. The third kappa shape index (κ3) is 6.09. The zero-order chi connectivity index (χ0) is 22.1. The van der Waals surface area contributed by atoms with Crippen molar-refractivity contribution in [2.75, 3.05) is 13.7 Å². The number of rotatable bonds is 9. The minimum atomic E-state index is -0.699. The Morgan fingerprint density at radius 3 is 2.39 bits per heavy atom. The molecule has 0 aliphatic carbocycles. The topological polar surface area (TPSA) is 69.2 Å². The van der Waals surface area contributed by atoms with E-state index in [2.05, 4.69) is 10.5 Å². The van der Waals surface area contributed by atoms with Gasteiger partial charge in [0.2, 0.25) is 0 Å². The molecule has 6 nitrogen and oxygen atoms in total. The summed E-state index contributed by atoms with van der Waals surface area (Å²) in [6, 6.07) is 23.1. The summed E-state index contributed by atoms with van der Waals surface area (Å²) < 4.78 is 16.5. The van der Waals surface area contributed by atoms with Crippen molar-refractivity contribution in [2.45, 2.75) is 20.0 Å². The van der Waals surface area contributed by atoms with Crippen LogP contribution in [0.4, 0.5) is 0 Å². The zero-order valence-electron chi connectivity index (χ0n) is 17.9. The van der Waals surface area contributed by atoms with E-state index < -0.39 is 6.10 Å². The Balaban J connectivity index is 1.55. The van der Waals surface area contributed by atoms with Crippen LogP contribution >= 0.6 is 0 Å². The number of hydrazone groups is 1. The monoisotopic (exact) mass is 418 g/mol. The summed E-state index contributed by atoms with van der Waals surface area (Å²) in [6.07, 6.45) is 0.840. The Kier molecular flexibility index (Phi) is 7.65. The van der Waals surface area contributed by atoms with E-state index in [1.807, 2.05) is 67.6 Å². The molecule has 31 heavy (non-hydrogen) atoms. The van der Waals surface area contributed by atoms with E-state index in [0.29, 0.717) is 23.9 Å². The molecule has 3 aromatic rings. The number of hydrogen-bond acceptors (Lipinski definition) is 5. The number of amides is 1. The van der Waals surface area contributed by atoms with E-state index in [-0.39, 0.29) is 5.91 Å². The van der Waals surface area contributed by atoms with Gasteiger partial charge < -0.3 is 14.2 Å². The van der Waals surface area contributed by atoms with Crippen LogP contribution in [0.2, 0.25) is 0 Å². The Morgan fingerprint density at radius 1 is 1.00 bits per heavy atom. The second-order valence-corrected chi connectivity index (χ2v) is 6.73. The van der Waals surface area contributed by atoms with E-state index in [1.165, 1.54) is 6.21 Å². The van der Waals surface area contributed by atoms with Crippen LogP contribution < -0.4 is 19.6 Å². The molecule has 1 N–H and O–H groups in total. The number of nitrogens with zero attached hydrogens (tertiary/aromatic N) is 1. The maximum atomic E-state index is 12.3. The highest BCUT2D eigenvalue weighted by molar-refractivity contribution is 5.85. The van der Waals surface area contributed by atoms with Gasteiger partial charge in [0, 0.05) is 0 Å². The maximum absolute atomic E-state index is 12.3. The Labute approximate surface area is 182 Å². The SMILES string of the molecule is CCOc1ccc(/C=N/NC(=O)C(C)Oc2ccc(-c3ccccc3)cc2)cc1OC. The minimum absolute atomic E-state index is 0.346. The van der Waals surface area contributed by atoms with E-state index in [9.17, 15) is 4.79 Å². The van der Waals surface area contributed by atoms with Crippen LogP contribution in [-0.4, -0.2) is 31.9 Å². The molecule has 0 aromatic heterocycles. The van der Waals surface area contributed by atoms with Crippen LogP contribution in [0.5, 0.6) is 17.2 Å². The molecular weight excluding hydrogens is 392 g/mol. The molecule has 0 spiro atoms. The minimum Gasteiger partial charge on any atom is -0.493 e. The van der Waals surface area contributed by atoms with Gasteiger partial charge in [-0.05, 0) is 60.9 Å². The fourth-order valence-electron chi connectivity index (χ4n) is 2.91. The van der Waals surface area contributed by atoms with Gasteiger partial charge in [-0.15, -0.1) is 0 Å². The van der Waals surface area contributed by atoms with E-state index in [1.54, 1.807) is 26.2 Å². The number of benzene rings is 3. The molecule has 0 saturated carbocycles. The molecule has 1 unspecified atom stereocenters. The van der Waals surface area contributed by atoms with Gasteiger partial charge in [0.1, 0.15) is 5.75 Å². The highest BCUT2D eigenvalue weighted by Gasteiger charge is 2.14. The Hall–Kier alpha value is -3.80. The normalized spacial score (nSPS) is 11.7. The van der Waals surface area contributed by atoms with Crippen molar-refractivity contribution in [3.05, 3.63) is 78.4 Å².